The fourth-order valence-corrected chi connectivity index (χ4v) is 3.61. The summed E-state index contributed by atoms with van der Waals surface area (Å²) in [5, 5.41) is 10.4. The molecule has 0 radical (unpaired) electrons. The van der Waals surface area contributed by atoms with Crippen molar-refractivity contribution in [2.45, 2.75) is 19.9 Å². The highest BCUT2D eigenvalue weighted by atomic mass is 32.1. The highest BCUT2D eigenvalue weighted by Crippen LogP contribution is 2.29. The van der Waals surface area contributed by atoms with Gasteiger partial charge in [0, 0.05) is 11.4 Å². The Morgan fingerprint density at radius 2 is 2.14 bits per heavy atom. The lowest BCUT2D eigenvalue weighted by Crippen LogP contribution is -2.27. The molecule has 116 valence electrons. The molecule has 7 heteroatoms. The average Bonchev–Trinajstić information content (AvgIpc) is 3.07. The number of fused-ring (bicyclic) bond motifs is 1. The molecule has 0 saturated heterocycles. The van der Waals surface area contributed by atoms with Gasteiger partial charge in [0.05, 0.1) is 11.7 Å². The summed E-state index contributed by atoms with van der Waals surface area (Å²) in [6, 6.07) is 2.44. The number of thiophene rings is 1. The van der Waals surface area contributed by atoms with Crippen LogP contribution in [0.3, 0.4) is 0 Å². The van der Waals surface area contributed by atoms with Gasteiger partial charge in [-0.2, -0.15) is 4.98 Å². The van der Waals surface area contributed by atoms with E-state index < -0.39 is 0 Å². The second-order valence-corrected chi connectivity index (χ2v) is 6.45. The Labute approximate surface area is 133 Å². The van der Waals surface area contributed by atoms with Crippen molar-refractivity contribution in [2.75, 3.05) is 26.0 Å². The van der Waals surface area contributed by atoms with Crippen molar-refractivity contribution in [3.05, 3.63) is 33.9 Å². The summed E-state index contributed by atoms with van der Waals surface area (Å²) >= 11 is 1.78. The van der Waals surface area contributed by atoms with E-state index in [0.29, 0.717) is 5.71 Å². The van der Waals surface area contributed by atoms with Crippen LogP contribution >= 0.6 is 11.3 Å². The van der Waals surface area contributed by atoms with Crippen LogP contribution in [-0.4, -0.2) is 40.7 Å². The molecule has 1 atom stereocenters. The van der Waals surface area contributed by atoms with E-state index in [1.807, 2.05) is 6.92 Å². The van der Waals surface area contributed by atoms with Gasteiger partial charge in [-0.1, -0.05) is 5.16 Å². The van der Waals surface area contributed by atoms with Gasteiger partial charge in [0.2, 0.25) is 0 Å². The van der Waals surface area contributed by atoms with Gasteiger partial charge < -0.3 is 14.7 Å². The van der Waals surface area contributed by atoms with E-state index in [9.17, 15) is 0 Å². The lowest BCUT2D eigenvalue weighted by Gasteiger charge is -2.24. The molecular formula is C15H19N5OS. The highest BCUT2D eigenvalue weighted by molar-refractivity contribution is 7.10. The molecule has 0 aliphatic heterocycles. The second kappa shape index (κ2) is 6.02. The second-order valence-electron chi connectivity index (χ2n) is 5.50. The van der Waals surface area contributed by atoms with Gasteiger partial charge >= 0.3 is 0 Å². The van der Waals surface area contributed by atoms with Crippen molar-refractivity contribution >= 4 is 28.3 Å². The number of anilines is 1. The maximum absolute atomic E-state index is 5.19. The first-order valence-corrected chi connectivity index (χ1v) is 7.97. The minimum Gasteiger partial charge on any atom is -0.367 e. The van der Waals surface area contributed by atoms with E-state index in [1.54, 1.807) is 11.3 Å². The monoisotopic (exact) mass is 317 g/mol. The average molecular weight is 317 g/mol. The standard InChI is InChI=1S/C15H19N5OS/c1-9-5-6-22-13(9)11(20(3)4)7-16-14-12-10(2)19-21-15(12)18-8-17-14/h5-6,8,11H,7H2,1-4H3,(H,16,17,18). The van der Waals surface area contributed by atoms with E-state index in [2.05, 4.69) is 57.8 Å². The summed E-state index contributed by atoms with van der Waals surface area (Å²) in [7, 11) is 4.18. The summed E-state index contributed by atoms with van der Waals surface area (Å²) in [5.41, 5.74) is 2.63. The molecule has 3 rings (SSSR count). The molecule has 0 saturated carbocycles. The predicted molar refractivity (Wildman–Crippen MR) is 88.3 cm³/mol. The van der Waals surface area contributed by atoms with Crippen LogP contribution in [0, 0.1) is 13.8 Å². The Morgan fingerprint density at radius 3 is 2.82 bits per heavy atom. The summed E-state index contributed by atoms with van der Waals surface area (Å²) in [6.07, 6.45) is 1.50. The molecule has 6 nitrogen and oxygen atoms in total. The zero-order chi connectivity index (χ0) is 15.7. The van der Waals surface area contributed by atoms with Crippen LogP contribution in [0.25, 0.3) is 11.1 Å². The number of hydrogen-bond donors (Lipinski definition) is 1. The van der Waals surface area contributed by atoms with E-state index in [1.165, 1.54) is 16.8 Å². The van der Waals surface area contributed by atoms with Gasteiger partial charge in [-0.15, -0.1) is 11.3 Å². The van der Waals surface area contributed by atoms with Crippen LogP contribution in [-0.2, 0) is 0 Å². The molecular weight excluding hydrogens is 298 g/mol. The Hall–Kier alpha value is -1.99. The van der Waals surface area contributed by atoms with Crippen molar-refractivity contribution in [1.29, 1.82) is 0 Å². The number of aryl methyl sites for hydroxylation is 2. The molecule has 1 unspecified atom stereocenters. The van der Waals surface area contributed by atoms with Crippen LogP contribution in [0.1, 0.15) is 22.2 Å². The number of nitrogens with one attached hydrogen (secondary N) is 1. The zero-order valence-corrected chi connectivity index (χ0v) is 13.9. The molecule has 1 N–H and O–H groups in total. The van der Waals surface area contributed by atoms with E-state index >= 15 is 0 Å². The number of hydrogen-bond acceptors (Lipinski definition) is 7. The largest absolute Gasteiger partial charge is 0.367 e. The number of likely N-dealkylation sites (N-methyl/N-ethyl adjacent to an activating group) is 1. The first-order chi connectivity index (χ1) is 10.6. The summed E-state index contributed by atoms with van der Waals surface area (Å²) in [6.45, 7) is 4.80. The van der Waals surface area contributed by atoms with E-state index in [4.69, 9.17) is 4.52 Å². The quantitative estimate of drug-likeness (QED) is 0.780. The third-order valence-corrected chi connectivity index (χ3v) is 4.85. The van der Waals surface area contributed by atoms with Crippen molar-refractivity contribution < 1.29 is 4.52 Å². The van der Waals surface area contributed by atoms with Gasteiger partial charge in [0.25, 0.3) is 5.71 Å². The Balaban J connectivity index is 1.86. The Morgan fingerprint density at radius 1 is 1.32 bits per heavy atom. The van der Waals surface area contributed by atoms with Gasteiger partial charge in [0.15, 0.2) is 0 Å². The summed E-state index contributed by atoms with van der Waals surface area (Å²) in [4.78, 5) is 12.0. The van der Waals surface area contributed by atoms with E-state index in [0.717, 1.165) is 23.4 Å². The van der Waals surface area contributed by atoms with Gasteiger partial charge in [-0.25, -0.2) is 4.98 Å². The molecule has 0 fully saturated rings. The first kappa shape index (κ1) is 14.9. The smallest absolute Gasteiger partial charge is 0.263 e. The lowest BCUT2D eigenvalue weighted by atomic mass is 10.1. The fourth-order valence-electron chi connectivity index (χ4n) is 2.49. The van der Waals surface area contributed by atoms with Crippen molar-refractivity contribution in [3.8, 4) is 0 Å². The van der Waals surface area contributed by atoms with Crippen LogP contribution in [0.2, 0.25) is 0 Å². The molecule has 0 aromatic carbocycles. The molecule has 22 heavy (non-hydrogen) atoms. The molecule has 0 aliphatic rings. The molecule has 0 bridgehead atoms. The molecule has 0 spiro atoms. The van der Waals surface area contributed by atoms with Crippen LogP contribution in [0.5, 0.6) is 0 Å². The maximum Gasteiger partial charge on any atom is 0.263 e. The van der Waals surface area contributed by atoms with Crippen molar-refractivity contribution in [3.63, 3.8) is 0 Å². The van der Waals surface area contributed by atoms with Crippen LogP contribution in [0.4, 0.5) is 5.82 Å². The molecule has 0 aliphatic carbocycles. The first-order valence-electron chi connectivity index (χ1n) is 7.09. The minimum absolute atomic E-state index is 0.283. The third-order valence-electron chi connectivity index (χ3n) is 3.73. The number of rotatable bonds is 5. The normalized spacial score (nSPS) is 13.0. The zero-order valence-electron chi connectivity index (χ0n) is 13.1. The maximum atomic E-state index is 5.19. The number of aromatic nitrogens is 3. The van der Waals surface area contributed by atoms with Gasteiger partial charge in [0.1, 0.15) is 17.5 Å². The van der Waals surface area contributed by atoms with Crippen molar-refractivity contribution in [2.24, 2.45) is 0 Å². The molecule has 3 aromatic heterocycles. The van der Waals surface area contributed by atoms with Crippen molar-refractivity contribution in [1.82, 2.24) is 20.0 Å². The van der Waals surface area contributed by atoms with Crippen LogP contribution < -0.4 is 5.32 Å². The van der Waals surface area contributed by atoms with Gasteiger partial charge in [-0.05, 0) is 45.0 Å². The molecule has 3 heterocycles. The lowest BCUT2D eigenvalue weighted by molar-refractivity contribution is 0.315. The SMILES string of the molecule is Cc1ccsc1C(CNc1ncnc2onc(C)c12)N(C)C. The molecule has 0 amide bonds. The van der Waals surface area contributed by atoms with Crippen LogP contribution in [0.15, 0.2) is 22.3 Å². The third kappa shape index (κ3) is 2.69. The fraction of sp³-hybridized carbons (Fsp3) is 0.400. The summed E-state index contributed by atoms with van der Waals surface area (Å²) in [5.74, 6) is 0.768. The van der Waals surface area contributed by atoms with Gasteiger partial charge in [-0.3, -0.25) is 0 Å². The highest BCUT2D eigenvalue weighted by Gasteiger charge is 2.19. The summed E-state index contributed by atoms with van der Waals surface area (Å²) < 4.78 is 5.19. The minimum atomic E-state index is 0.283. The van der Waals surface area contributed by atoms with E-state index in [-0.39, 0.29) is 6.04 Å². The predicted octanol–water partition coefficient (Wildman–Crippen LogP) is 3.01. The molecule has 3 aromatic rings. The topological polar surface area (TPSA) is 67.1 Å². The number of nitrogens with zero attached hydrogens (tertiary/aromatic N) is 4. The Kier molecular flexibility index (Phi) is 4.08. The Bertz CT molecular complexity index is 779.